The predicted octanol–water partition coefficient (Wildman–Crippen LogP) is 4.72. The molecule has 0 spiro atoms. The van der Waals surface area contributed by atoms with Gasteiger partial charge in [0, 0.05) is 17.0 Å². The van der Waals surface area contributed by atoms with Crippen LogP contribution in [-0.2, 0) is 4.79 Å². The van der Waals surface area contributed by atoms with Gasteiger partial charge in [-0.2, -0.15) is 5.26 Å². The number of rotatable bonds is 5. The molecule has 0 saturated carbocycles. The van der Waals surface area contributed by atoms with Crippen LogP contribution in [0, 0.1) is 25.2 Å². The summed E-state index contributed by atoms with van der Waals surface area (Å²) < 4.78 is 7.60. The number of carbonyl (C=O) groups is 1. The molecule has 3 rings (SSSR count). The van der Waals surface area contributed by atoms with Gasteiger partial charge in [0.05, 0.1) is 6.10 Å². The lowest BCUT2D eigenvalue weighted by molar-refractivity contribution is -0.113. The maximum absolute atomic E-state index is 12.8. The fourth-order valence-electron chi connectivity index (χ4n) is 3.08. The van der Waals surface area contributed by atoms with E-state index in [-0.39, 0.29) is 11.7 Å². The Hall–Kier alpha value is -3.52. The quantitative estimate of drug-likeness (QED) is 0.520. The molecule has 28 heavy (non-hydrogen) atoms. The molecule has 1 amide bonds. The second kappa shape index (κ2) is 8.01. The molecule has 0 aliphatic heterocycles. The average molecular weight is 373 g/mol. The first kappa shape index (κ1) is 19.2. The van der Waals surface area contributed by atoms with Crippen molar-refractivity contribution >= 4 is 22.8 Å². The van der Waals surface area contributed by atoms with Crippen LogP contribution in [0.3, 0.4) is 0 Å². The minimum absolute atomic E-state index is 0.0115. The summed E-state index contributed by atoms with van der Waals surface area (Å²) in [6.45, 7) is 7.67. The zero-order chi connectivity index (χ0) is 20.3. The van der Waals surface area contributed by atoms with Crippen molar-refractivity contribution in [2.45, 2.75) is 33.8 Å². The fourth-order valence-corrected chi connectivity index (χ4v) is 3.08. The van der Waals surface area contributed by atoms with E-state index < -0.39 is 5.91 Å². The van der Waals surface area contributed by atoms with Gasteiger partial charge < -0.3 is 4.74 Å². The molecule has 0 unspecified atom stereocenters. The highest BCUT2D eigenvalue weighted by Crippen LogP contribution is 2.31. The number of nitrogens with zero attached hydrogens (tertiary/aromatic N) is 2. The van der Waals surface area contributed by atoms with E-state index in [4.69, 9.17) is 4.74 Å². The lowest BCUT2D eigenvalue weighted by Crippen LogP contribution is -2.25. The van der Waals surface area contributed by atoms with Crippen LogP contribution in [0.4, 0.5) is 0 Å². The molecule has 3 aromatic rings. The van der Waals surface area contributed by atoms with Crippen molar-refractivity contribution in [3.63, 3.8) is 0 Å². The summed E-state index contributed by atoms with van der Waals surface area (Å²) in [5.74, 6) is 0.177. The predicted molar refractivity (Wildman–Crippen MR) is 112 cm³/mol. The summed E-state index contributed by atoms with van der Waals surface area (Å²) >= 11 is 0. The minimum Gasteiger partial charge on any atom is -0.490 e. The standard InChI is InChI=1S/C23H23N3O2/c1-15(2)28-22-12-11-18-7-5-6-8-20(18)21(22)13-19(14-24)23(27)25-26-16(3)9-10-17(26)4/h5-13,15H,1-4H3,(H,25,27)/b19-13+. The van der Waals surface area contributed by atoms with Gasteiger partial charge in [-0.25, -0.2) is 0 Å². The Morgan fingerprint density at radius 3 is 2.43 bits per heavy atom. The summed E-state index contributed by atoms with van der Waals surface area (Å²) in [5, 5.41) is 11.6. The van der Waals surface area contributed by atoms with Crippen molar-refractivity contribution in [1.29, 1.82) is 5.26 Å². The number of nitrogens with one attached hydrogen (secondary N) is 1. The van der Waals surface area contributed by atoms with E-state index in [0.29, 0.717) is 5.75 Å². The number of carbonyl (C=O) groups excluding carboxylic acids is 1. The van der Waals surface area contributed by atoms with Gasteiger partial charge in [-0.15, -0.1) is 0 Å². The second-order valence-electron chi connectivity index (χ2n) is 6.93. The molecule has 2 aromatic carbocycles. The van der Waals surface area contributed by atoms with Crippen LogP contribution >= 0.6 is 0 Å². The Labute approximate surface area is 164 Å². The number of benzene rings is 2. The van der Waals surface area contributed by atoms with E-state index >= 15 is 0 Å². The highest BCUT2D eigenvalue weighted by atomic mass is 16.5. The first-order valence-corrected chi connectivity index (χ1v) is 9.17. The van der Waals surface area contributed by atoms with E-state index in [2.05, 4.69) is 5.43 Å². The van der Waals surface area contributed by atoms with Gasteiger partial charge in [-0.05, 0) is 62.7 Å². The maximum atomic E-state index is 12.8. The molecule has 142 valence electrons. The summed E-state index contributed by atoms with van der Waals surface area (Å²) in [6.07, 6.45) is 1.57. The van der Waals surface area contributed by atoms with E-state index in [1.165, 1.54) is 0 Å². The highest BCUT2D eigenvalue weighted by molar-refractivity contribution is 6.08. The molecule has 0 radical (unpaired) electrons. The molecule has 5 heteroatoms. The topological polar surface area (TPSA) is 67.0 Å². The van der Waals surface area contributed by atoms with Crippen molar-refractivity contribution in [2.75, 3.05) is 5.43 Å². The van der Waals surface area contributed by atoms with Gasteiger partial charge in [0.1, 0.15) is 17.4 Å². The second-order valence-corrected chi connectivity index (χ2v) is 6.93. The zero-order valence-corrected chi connectivity index (χ0v) is 16.5. The number of fused-ring (bicyclic) bond motifs is 1. The van der Waals surface area contributed by atoms with E-state index in [9.17, 15) is 10.1 Å². The molecule has 0 aliphatic rings. The monoisotopic (exact) mass is 373 g/mol. The number of aromatic nitrogens is 1. The molecule has 5 nitrogen and oxygen atoms in total. The van der Waals surface area contributed by atoms with Crippen molar-refractivity contribution in [3.8, 4) is 11.8 Å². The number of ether oxygens (including phenoxy) is 1. The molecular formula is C23H23N3O2. The smallest absolute Gasteiger partial charge is 0.280 e. The van der Waals surface area contributed by atoms with Crippen LogP contribution in [0.15, 0.2) is 54.1 Å². The van der Waals surface area contributed by atoms with E-state index in [0.717, 1.165) is 27.7 Å². The van der Waals surface area contributed by atoms with Crippen molar-refractivity contribution in [3.05, 3.63) is 71.1 Å². The first-order chi connectivity index (χ1) is 13.4. The van der Waals surface area contributed by atoms with Crippen molar-refractivity contribution < 1.29 is 9.53 Å². The highest BCUT2D eigenvalue weighted by Gasteiger charge is 2.15. The largest absolute Gasteiger partial charge is 0.490 e. The van der Waals surface area contributed by atoms with E-state index in [1.807, 2.05) is 82.3 Å². The number of hydrogen-bond acceptors (Lipinski definition) is 3. The number of nitriles is 1. The van der Waals surface area contributed by atoms with Gasteiger partial charge in [0.25, 0.3) is 5.91 Å². The Morgan fingerprint density at radius 1 is 1.11 bits per heavy atom. The lowest BCUT2D eigenvalue weighted by atomic mass is 10.0. The van der Waals surface area contributed by atoms with Crippen LogP contribution in [0.2, 0.25) is 0 Å². The van der Waals surface area contributed by atoms with Gasteiger partial charge >= 0.3 is 0 Å². The Bertz CT molecular complexity index is 1080. The molecule has 0 saturated heterocycles. The molecular weight excluding hydrogens is 350 g/mol. The summed E-state index contributed by atoms with van der Waals surface area (Å²) in [5.41, 5.74) is 5.29. The molecule has 0 aliphatic carbocycles. The summed E-state index contributed by atoms with van der Waals surface area (Å²) in [6, 6.07) is 17.5. The van der Waals surface area contributed by atoms with Crippen molar-refractivity contribution in [2.24, 2.45) is 0 Å². The van der Waals surface area contributed by atoms with Crippen LogP contribution < -0.4 is 10.2 Å². The minimum atomic E-state index is -0.465. The van der Waals surface area contributed by atoms with Crippen LogP contribution in [0.25, 0.3) is 16.8 Å². The van der Waals surface area contributed by atoms with E-state index in [1.54, 1.807) is 10.8 Å². The third kappa shape index (κ3) is 3.91. The third-order valence-corrected chi connectivity index (χ3v) is 4.43. The van der Waals surface area contributed by atoms with Gasteiger partial charge in [0.15, 0.2) is 0 Å². The normalized spacial score (nSPS) is 11.5. The first-order valence-electron chi connectivity index (χ1n) is 9.17. The van der Waals surface area contributed by atoms with Crippen LogP contribution in [0.5, 0.6) is 5.75 Å². The average Bonchev–Trinajstić information content (AvgIpc) is 2.98. The van der Waals surface area contributed by atoms with Crippen molar-refractivity contribution in [1.82, 2.24) is 4.68 Å². The van der Waals surface area contributed by atoms with Crippen LogP contribution in [0.1, 0.15) is 30.8 Å². The number of aryl methyl sites for hydroxylation is 2. The lowest BCUT2D eigenvalue weighted by Gasteiger charge is -2.15. The third-order valence-electron chi connectivity index (χ3n) is 4.43. The maximum Gasteiger partial charge on any atom is 0.280 e. The fraction of sp³-hybridized carbons (Fsp3) is 0.217. The number of amides is 1. The molecule has 0 atom stereocenters. The summed E-state index contributed by atoms with van der Waals surface area (Å²) in [7, 11) is 0. The number of hydrogen-bond donors (Lipinski definition) is 1. The molecule has 0 bridgehead atoms. The SMILES string of the molecule is Cc1ccc(C)n1NC(=O)/C(C#N)=C/c1c(OC(C)C)ccc2ccccc12. The Morgan fingerprint density at radius 2 is 1.79 bits per heavy atom. The Balaban J connectivity index is 2.07. The van der Waals surface area contributed by atoms with Gasteiger partial charge in [0.2, 0.25) is 0 Å². The van der Waals surface area contributed by atoms with Crippen LogP contribution in [-0.4, -0.2) is 16.7 Å². The molecule has 1 heterocycles. The zero-order valence-electron chi connectivity index (χ0n) is 16.5. The van der Waals surface area contributed by atoms with Gasteiger partial charge in [-0.1, -0.05) is 30.3 Å². The molecule has 1 N–H and O–H groups in total. The molecule has 0 fully saturated rings. The summed E-state index contributed by atoms with van der Waals surface area (Å²) in [4.78, 5) is 12.8. The Kier molecular flexibility index (Phi) is 5.51. The molecule has 1 aromatic heterocycles. The van der Waals surface area contributed by atoms with Gasteiger partial charge in [-0.3, -0.25) is 14.9 Å².